The van der Waals surface area contributed by atoms with Crippen LogP contribution < -0.4 is 0 Å². The minimum atomic E-state index is -1.55. The molecule has 0 aromatic heterocycles. The van der Waals surface area contributed by atoms with Gasteiger partial charge in [0.25, 0.3) is 0 Å². The lowest BCUT2D eigenvalue weighted by Gasteiger charge is -2.46. The van der Waals surface area contributed by atoms with Gasteiger partial charge in [0, 0.05) is 6.61 Å². The Bertz CT molecular complexity index is 187. The summed E-state index contributed by atoms with van der Waals surface area (Å²) in [6.07, 6.45) is 7.19. The second-order valence-electron chi connectivity index (χ2n) is 5.93. The molecular formula is C14H30OSi. The van der Waals surface area contributed by atoms with Crippen molar-refractivity contribution < 1.29 is 4.43 Å². The molecule has 1 fully saturated rings. The first-order chi connectivity index (χ1) is 7.55. The molecular weight excluding hydrogens is 212 g/mol. The molecule has 0 saturated heterocycles. The van der Waals surface area contributed by atoms with Gasteiger partial charge in [-0.2, -0.15) is 0 Å². The Hall–Kier alpha value is 0.177. The van der Waals surface area contributed by atoms with Crippen molar-refractivity contribution in [1.29, 1.82) is 0 Å². The second kappa shape index (κ2) is 6.20. The van der Waals surface area contributed by atoms with E-state index >= 15 is 0 Å². The van der Waals surface area contributed by atoms with E-state index in [4.69, 9.17) is 4.43 Å². The average Bonchev–Trinajstić information content (AvgIpc) is 2.26. The molecule has 0 amide bonds. The fraction of sp³-hybridized carbons (Fsp3) is 1.00. The van der Waals surface area contributed by atoms with E-state index in [0.29, 0.717) is 0 Å². The quantitative estimate of drug-likeness (QED) is 0.608. The molecule has 0 N–H and O–H groups in total. The summed E-state index contributed by atoms with van der Waals surface area (Å²) in [4.78, 5) is 0. The summed E-state index contributed by atoms with van der Waals surface area (Å²) in [6, 6.07) is 0. The molecule has 1 saturated carbocycles. The first kappa shape index (κ1) is 14.2. The Labute approximate surface area is 103 Å². The van der Waals surface area contributed by atoms with Gasteiger partial charge in [0.15, 0.2) is 0 Å². The normalized spacial score (nSPS) is 19.7. The predicted octanol–water partition coefficient (Wildman–Crippen LogP) is 5.12. The maximum atomic E-state index is 6.43. The summed E-state index contributed by atoms with van der Waals surface area (Å²) in [7, 11) is -1.55. The molecule has 0 aliphatic heterocycles. The maximum Gasteiger partial charge on any atom is 0.200 e. The van der Waals surface area contributed by atoms with Crippen LogP contribution in [-0.4, -0.2) is 14.9 Å². The van der Waals surface area contributed by atoms with E-state index in [-0.39, 0.29) is 0 Å². The third-order valence-electron chi connectivity index (χ3n) is 4.44. The van der Waals surface area contributed by atoms with Crippen LogP contribution in [-0.2, 0) is 4.43 Å². The van der Waals surface area contributed by atoms with Crippen LogP contribution in [0.25, 0.3) is 0 Å². The van der Waals surface area contributed by atoms with Crippen LogP contribution in [0.4, 0.5) is 0 Å². The van der Waals surface area contributed by atoms with Crippen LogP contribution in [0, 0.1) is 0 Å². The molecule has 96 valence electrons. The van der Waals surface area contributed by atoms with E-state index in [9.17, 15) is 0 Å². The summed E-state index contributed by atoms with van der Waals surface area (Å²) in [5.41, 5.74) is 2.44. The smallest absolute Gasteiger partial charge is 0.200 e. The first-order valence-electron chi connectivity index (χ1n) is 7.19. The molecule has 1 aliphatic rings. The average molecular weight is 242 g/mol. The van der Waals surface area contributed by atoms with E-state index in [2.05, 4.69) is 34.6 Å². The van der Waals surface area contributed by atoms with Crippen LogP contribution >= 0.6 is 0 Å². The minimum Gasteiger partial charge on any atom is -0.416 e. The van der Waals surface area contributed by atoms with Crippen molar-refractivity contribution in [1.82, 2.24) is 0 Å². The van der Waals surface area contributed by atoms with Gasteiger partial charge < -0.3 is 4.43 Å². The molecule has 0 aromatic carbocycles. The van der Waals surface area contributed by atoms with Gasteiger partial charge in [0.05, 0.1) is 0 Å². The van der Waals surface area contributed by atoms with Gasteiger partial charge in [-0.3, -0.25) is 0 Å². The summed E-state index contributed by atoms with van der Waals surface area (Å²) in [5.74, 6) is 0. The zero-order valence-corrected chi connectivity index (χ0v) is 12.9. The molecule has 2 heteroatoms. The standard InChI is InChI=1S/C14H30OSi/c1-6-15-16(12(2)3,13(4)5)14-10-8-7-9-11-14/h12-14H,6-11H2,1-5H3. The van der Waals surface area contributed by atoms with Crippen molar-refractivity contribution in [3.05, 3.63) is 0 Å². The van der Waals surface area contributed by atoms with E-state index in [1.165, 1.54) is 32.1 Å². The first-order valence-corrected chi connectivity index (χ1v) is 9.33. The molecule has 0 unspecified atom stereocenters. The zero-order valence-electron chi connectivity index (χ0n) is 11.9. The lowest BCUT2D eigenvalue weighted by molar-refractivity contribution is 0.280. The second-order valence-corrected chi connectivity index (χ2v) is 11.1. The van der Waals surface area contributed by atoms with Crippen LogP contribution in [0.3, 0.4) is 0 Å². The highest BCUT2D eigenvalue weighted by molar-refractivity contribution is 6.77. The molecule has 0 radical (unpaired) electrons. The fourth-order valence-corrected chi connectivity index (χ4v) is 9.80. The van der Waals surface area contributed by atoms with E-state index in [1.54, 1.807) is 0 Å². The summed E-state index contributed by atoms with van der Waals surface area (Å²) >= 11 is 0. The van der Waals surface area contributed by atoms with Gasteiger partial charge in [-0.25, -0.2) is 0 Å². The van der Waals surface area contributed by atoms with Gasteiger partial charge in [0.2, 0.25) is 8.32 Å². The van der Waals surface area contributed by atoms with E-state index in [0.717, 1.165) is 23.2 Å². The maximum absolute atomic E-state index is 6.43. The van der Waals surface area contributed by atoms with Gasteiger partial charge in [-0.15, -0.1) is 0 Å². The molecule has 0 aromatic rings. The van der Waals surface area contributed by atoms with E-state index < -0.39 is 8.32 Å². The minimum absolute atomic E-state index is 0.760. The monoisotopic (exact) mass is 242 g/mol. The van der Waals surface area contributed by atoms with Gasteiger partial charge in [-0.1, -0.05) is 59.8 Å². The van der Waals surface area contributed by atoms with Gasteiger partial charge >= 0.3 is 0 Å². The van der Waals surface area contributed by atoms with Crippen LogP contribution in [0.2, 0.25) is 16.6 Å². The Kier molecular flexibility index (Phi) is 5.52. The van der Waals surface area contributed by atoms with Crippen molar-refractivity contribution in [2.45, 2.75) is 83.3 Å². The number of rotatable bonds is 5. The van der Waals surface area contributed by atoms with Crippen LogP contribution in [0.15, 0.2) is 0 Å². The number of hydrogen-bond acceptors (Lipinski definition) is 1. The van der Waals surface area contributed by atoms with Crippen molar-refractivity contribution in [3.8, 4) is 0 Å². The zero-order chi connectivity index (χ0) is 12.2. The Morgan fingerprint density at radius 2 is 1.50 bits per heavy atom. The molecule has 1 aliphatic carbocycles. The summed E-state index contributed by atoms with van der Waals surface area (Å²) in [6.45, 7) is 12.7. The van der Waals surface area contributed by atoms with Crippen LogP contribution in [0.1, 0.15) is 66.7 Å². The van der Waals surface area contributed by atoms with Crippen LogP contribution in [0.5, 0.6) is 0 Å². The van der Waals surface area contributed by atoms with Crippen molar-refractivity contribution in [2.75, 3.05) is 6.61 Å². The Balaban J connectivity index is 2.89. The largest absolute Gasteiger partial charge is 0.416 e. The fourth-order valence-electron chi connectivity index (χ4n) is 3.86. The third kappa shape index (κ3) is 2.70. The molecule has 1 rings (SSSR count). The lowest BCUT2D eigenvalue weighted by atomic mass is 10.0. The van der Waals surface area contributed by atoms with Crippen molar-refractivity contribution in [2.24, 2.45) is 0 Å². The van der Waals surface area contributed by atoms with Gasteiger partial charge in [0.1, 0.15) is 0 Å². The molecule has 16 heavy (non-hydrogen) atoms. The summed E-state index contributed by atoms with van der Waals surface area (Å²) in [5, 5.41) is 0. The molecule has 0 bridgehead atoms. The van der Waals surface area contributed by atoms with Crippen molar-refractivity contribution in [3.63, 3.8) is 0 Å². The van der Waals surface area contributed by atoms with E-state index in [1.807, 2.05) is 0 Å². The molecule has 0 heterocycles. The molecule has 1 nitrogen and oxygen atoms in total. The molecule has 0 spiro atoms. The topological polar surface area (TPSA) is 9.23 Å². The number of hydrogen-bond donors (Lipinski definition) is 0. The SMILES string of the molecule is CCO[Si](C(C)C)(C(C)C)C1CCCCC1. The Morgan fingerprint density at radius 3 is 1.88 bits per heavy atom. The molecule has 0 atom stereocenters. The van der Waals surface area contributed by atoms with Gasteiger partial charge in [-0.05, 0) is 23.5 Å². The third-order valence-corrected chi connectivity index (χ3v) is 10.7. The summed E-state index contributed by atoms with van der Waals surface area (Å²) < 4.78 is 6.43. The highest BCUT2D eigenvalue weighted by Gasteiger charge is 2.48. The highest BCUT2D eigenvalue weighted by Crippen LogP contribution is 2.48. The Morgan fingerprint density at radius 1 is 1.00 bits per heavy atom. The predicted molar refractivity (Wildman–Crippen MR) is 74.4 cm³/mol. The highest BCUT2D eigenvalue weighted by atomic mass is 28.4. The lowest BCUT2D eigenvalue weighted by Crippen LogP contribution is -2.49. The van der Waals surface area contributed by atoms with Crippen molar-refractivity contribution >= 4 is 8.32 Å².